The predicted octanol–water partition coefficient (Wildman–Crippen LogP) is 2.66. The van der Waals surface area contributed by atoms with Gasteiger partial charge in [-0.25, -0.2) is 9.97 Å². The maximum Gasteiger partial charge on any atom is 0.142 e. The minimum Gasteiger partial charge on any atom is -0.305 e. The number of hydrogen-bond donors (Lipinski definition) is 1. The van der Waals surface area contributed by atoms with E-state index >= 15 is 0 Å². The summed E-state index contributed by atoms with van der Waals surface area (Å²) < 4.78 is 2.06. The molecule has 2 aromatic rings. The highest BCUT2D eigenvalue weighted by atomic mass is 15.3. The zero-order valence-corrected chi connectivity index (χ0v) is 14.7. The van der Waals surface area contributed by atoms with E-state index in [1.54, 1.807) is 0 Å². The second kappa shape index (κ2) is 6.79. The SMILES string of the molecule is Cc1cc(C)n(CC(C)NCc2nc(C)c3c(n2)CCCC3)n1. The molecule has 2 aromatic heterocycles. The molecule has 0 radical (unpaired) electrons. The van der Waals surface area contributed by atoms with Crippen molar-refractivity contribution in [2.45, 2.75) is 72.5 Å². The minimum absolute atomic E-state index is 0.327. The molecule has 0 amide bonds. The molecule has 1 atom stereocenters. The fourth-order valence-corrected chi connectivity index (χ4v) is 3.37. The Kier molecular flexibility index (Phi) is 4.76. The second-order valence-corrected chi connectivity index (χ2v) is 6.75. The molecule has 0 aromatic carbocycles. The molecule has 23 heavy (non-hydrogen) atoms. The molecule has 1 aliphatic rings. The average molecular weight is 313 g/mol. The molecule has 0 spiro atoms. The zero-order chi connectivity index (χ0) is 16.4. The first-order valence-electron chi connectivity index (χ1n) is 8.62. The summed E-state index contributed by atoms with van der Waals surface area (Å²) in [5.41, 5.74) is 6.10. The molecule has 0 saturated carbocycles. The van der Waals surface area contributed by atoms with E-state index in [4.69, 9.17) is 9.97 Å². The molecule has 124 valence electrons. The van der Waals surface area contributed by atoms with Crippen LogP contribution in [-0.2, 0) is 25.9 Å². The summed E-state index contributed by atoms with van der Waals surface area (Å²) in [7, 11) is 0. The lowest BCUT2D eigenvalue weighted by atomic mass is 9.95. The van der Waals surface area contributed by atoms with Crippen molar-refractivity contribution in [1.29, 1.82) is 0 Å². The number of hydrogen-bond acceptors (Lipinski definition) is 4. The monoisotopic (exact) mass is 313 g/mol. The maximum atomic E-state index is 4.78. The summed E-state index contributed by atoms with van der Waals surface area (Å²) in [6, 6.07) is 2.44. The van der Waals surface area contributed by atoms with Crippen LogP contribution in [0.4, 0.5) is 0 Å². The van der Waals surface area contributed by atoms with Gasteiger partial charge in [-0.3, -0.25) is 4.68 Å². The Morgan fingerprint density at radius 1 is 1.17 bits per heavy atom. The number of fused-ring (bicyclic) bond motifs is 1. The lowest BCUT2D eigenvalue weighted by molar-refractivity contribution is 0.438. The fourth-order valence-electron chi connectivity index (χ4n) is 3.37. The van der Waals surface area contributed by atoms with Gasteiger partial charge in [-0.2, -0.15) is 5.10 Å². The molecule has 0 aliphatic heterocycles. The van der Waals surface area contributed by atoms with Gasteiger partial charge in [-0.15, -0.1) is 0 Å². The van der Waals surface area contributed by atoms with E-state index in [1.807, 2.05) is 6.92 Å². The summed E-state index contributed by atoms with van der Waals surface area (Å²) in [5, 5.41) is 8.05. The lowest BCUT2D eigenvalue weighted by Crippen LogP contribution is -2.31. The van der Waals surface area contributed by atoms with Crippen LogP contribution in [0.3, 0.4) is 0 Å². The number of nitrogens with zero attached hydrogens (tertiary/aromatic N) is 4. The summed E-state index contributed by atoms with van der Waals surface area (Å²) in [6.07, 6.45) is 4.77. The Bertz CT molecular complexity index is 689. The van der Waals surface area contributed by atoms with Crippen molar-refractivity contribution in [3.05, 3.63) is 40.2 Å². The predicted molar refractivity (Wildman–Crippen MR) is 91.4 cm³/mol. The Morgan fingerprint density at radius 3 is 2.70 bits per heavy atom. The van der Waals surface area contributed by atoms with Crippen molar-refractivity contribution in [3.8, 4) is 0 Å². The standard InChI is InChI=1S/C18H27N5/c1-12-9-14(3)23(22-12)11-13(2)19-10-18-20-15(4)16-7-5-6-8-17(16)21-18/h9,13,19H,5-8,10-11H2,1-4H3. The van der Waals surface area contributed by atoms with E-state index in [2.05, 4.69) is 41.9 Å². The quantitative estimate of drug-likeness (QED) is 0.922. The number of nitrogens with one attached hydrogen (secondary N) is 1. The average Bonchev–Trinajstić information content (AvgIpc) is 2.83. The highest BCUT2D eigenvalue weighted by Crippen LogP contribution is 2.21. The summed E-state index contributed by atoms with van der Waals surface area (Å²) in [4.78, 5) is 9.47. The van der Waals surface area contributed by atoms with Crippen molar-refractivity contribution >= 4 is 0 Å². The van der Waals surface area contributed by atoms with Crippen molar-refractivity contribution in [2.24, 2.45) is 0 Å². The zero-order valence-electron chi connectivity index (χ0n) is 14.7. The first-order valence-corrected chi connectivity index (χ1v) is 8.62. The van der Waals surface area contributed by atoms with E-state index in [0.29, 0.717) is 12.6 Å². The summed E-state index contributed by atoms with van der Waals surface area (Å²) in [5.74, 6) is 0.920. The number of rotatable bonds is 5. The van der Waals surface area contributed by atoms with Gasteiger partial charge < -0.3 is 5.32 Å². The molecule has 1 aliphatic carbocycles. The maximum absolute atomic E-state index is 4.78. The molecule has 0 fully saturated rings. The van der Waals surface area contributed by atoms with Crippen LogP contribution in [-0.4, -0.2) is 25.8 Å². The second-order valence-electron chi connectivity index (χ2n) is 6.75. The summed E-state index contributed by atoms with van der Waals surface area (Å²) >= 11 is 0. The van der Waals surface area contributed by atoms with E-state index in [1.165, 1.54) is 29.8 Å². The normalized spacial score (nSPS) is 15.5. The van der Waals surface area contributed by atoms with Crippen LogP contribution in [0.25, 0.3) is 0 Å². The van der Waals surface area contributed by atoms with Crippen LogP contribution in [0.5, 0.6) is 0 Å². The lowest BCUT2D eigenvalue weighted by Gasteiger charge is -2.19. The molecule has 3 rings (SSSR count). The van der Waals surface area contributed by atoms with Gasteiger partial charge in [0.05, 0.1) is 18.8 Å². The van der Waals surface area contributed by atoms with Crippen LogP contribution in [0.15, 0.2) is 6.07 Å². The largest absolute Gasteiger partial charge is 0.305 e. The first-order chi connectivity index (χ1) is 11.0. The van der Waals surface area contributed by atoms with Crippen LogP contribution < -0.4 is 5.32 Å². The smallest absolute Gasteiger partial charge is 0.142 e. The Morgan fingerprint density at radius 2 is 1.96 bits per heavy atom. The topological polar surface area (TPSA) is 55.6 Å². The molecular weight excluding hydrogens is 286 g/mol. The first kappa shape index (κ1) is 16.1. The van der Waals surface area contributed by atoms with Crippen molar-refractivity contribution in [1.82, 2.24) is 25.1 Å². The van der Waals surface area contributed by atoms with Crippen molar-refractivity contribution in [2.75, 3.05) is 0 Å². The van der Waals surface area contributed by atoms with Gasteiger partial charge in [-0.05, 0) is 65.0 Å². The number of aryl methyl sites for hydroxylation is 4. The summed E-state index contributed by atoms with van der Waals surface area (Å²) in [6.45, 7) is 10.0. The van der Waals surface area contributed by atoms with Gasteiger partial charge in [0, 0.05) is 23.1 Å². The van der Waals surface area contributed by atoms with Gasteiger partial charge >= 0.3 is 0 Å². The molecular formula is C18H27N5. The molecule has 1 N–H and O–H groups in total. The van der Waals surface area contributed by atoms with Crippen molar-refractivity contribution < 1.29 is 0 Å². The van der Waals surface area contributed by atoms with Gasteiger partial charge in [0.2, 0.25) is 0 Å². The molecule has 0 bridgehead atoms. The molecule has 2 heterocycles. The molecule has 5 nitrogen and oxygen atoms in total. The van der Waals surface area contributed by atoms with Gasteiger partial charge in [0.1, 0.15) is 5.82 Å². The van der Waals surface area contributed by atoms with Crippen molar-refractivity contribution in [3.63, 3.8) is 0 Å². The number of aromatic nitrogens is 4. The fraction of sp³-hybridized carbons (Fsp3) is 0.611. The van der Waals surface area contributed by atoms with Gasteiger partial charge in [0.15, 0.2) is 0 Å². The highest BCUT2D eigenvalue weighted by Gasteiger charge is 2.15. The third-order valence-corrected chi connectivity index (χ3v) is 4.60. The minimum atomic E-state index is 0.327. The van der Waals surface area contributed by atoms with Crippen LogP contribution >= 0.6 is 0 Å². The van der Waals surface area contributed by atoms with E-state index in [9.17, 15) is 0 Å². The highest BCUT2D eigenvalue weighted by molar-refractivity contribution is 5.27. The Balaban J connectivity index is 1.61. The van der Waals surface area contributed by atoms with Crippen LogP contribution in [0, 0.1) is 20.8 Å². The Hall–Kier alpha value is -1.75. The van der Waals surface area contributed by atoms with Crippen LogP contribution in [0.2, 0.25) is 0 Å². The molecule has 5 heteroatoms. The van der Waals surface area contributed by atoms with Gasteiger partial charge in [0.25, 0.3) is 0 Å². The molecule has 1 unspecified atom stereocenters. The van der Waals surface area contributed by atoms with E-state index in [-0.39, 0.29) is 0 Å². The Labute approximate surface area is 138 Å². The molecule has 0 saturated heterocycles. The van der Waals surface area contributed by atoms with E-state index in [0.717, 1.165) is 36.6 Å². The van der Waals surface area contributed by atoms with Gasteiger partial charge in [-0.1, -0.05) is 0 Å². The third kappa shape index (κ3) is 3.78. The van der Waals surface area contributed by atoms with E-state index < -0.39 is 0 Å². The third-order valence-electron chi connectivity index (χ3n) is 4.60. The van der Waals surface area contributed by atoms with Crippen LogP contribution in [0.1, 0.15) is 53.9 Å².